The van der Waals surface area contributed by atoms with Crippen LogP contribution >= 0.6 is 0 Å². The fraction of sp³-hybridized carbons (Fsp3) is 0.389. The van der Waals surface area contributed by atoms with Gasteiger partial charge in [-0.1, -0.05) is 10.3 Å². The van der Waals surface area contributed by atoms with Crippen molar-refractivity contribution in [1.29, 1.82) is 0 Å². The average Bonchev–Trinajstić information content (AvgIpc) is 3.20. The number of aryl methyl sites for hydroxylation is 2. The topological polar surface area (TPSA) is 98.2 Å². The quantitative estimate of drug-likeness (QED) is 0.694. The highest BCUT2D eigenvalue weighted by Crippen LogP contribution is 2.28. The molecule has 0 atom stereocenters. The van der Waals surface area contributed by atoms with E-state index in [1.807, 2.05) is 30.9 Å². The number of rotatable bonds is 5. The summed E-state index contributed by atoms with van der Waals surface area (Å²) < 4.78 is 10.5. The van der Waals surface area contributed by atoms with Gasteiger partial charge in [-0.25, -0.2) is 0 Å². The lowest BCUT2D eigenvalue weighted by Gasteiger charge is -2.37. The van der Waals surface area contributed by atoms with E-state index in [1.54, 1.807) is 12.4 Å². The van der Waals surface area contributed by atoms with Crippen LogP contribution in [0.25, 0.3) is 11.4 Å². The molecule has 1 fully saturated rings. The van der Waals surface area contributed by atoms with E-state index >= 15 is 0 Å². The molecule has 1 saturated heterocycles. The number of carbonyl (C=O) groups is 1. The first-order chi connectivity index (χ1) is 12.6. The molecule has 0 unspecified atom stereocenters. The Kier molecular flexibility index (Phi) is 4.24. The molecule has 4 rings (SSSR count). The number of aromatic nitrogens is 4. The maximum atomic E-state index is 12.3. The molecule has 0 radical (unpaired) electrons. The van der Waals surface area contributed by atoms with Gasteiger partial charge < -0.3 is 13.9 Å². The van der Waals surface area contributed by atoms with Gasteiger partial charge in [-0.15, -0.1) is 0 Å². The summed E-state index contributed by atoms with van der Waals surface area (Å²) in [6.45, 7) is 4.98. The van der Waals surface area contributed by atoms with Gasteiger partial charge in [-0.2, -0.15) is 4.98 Å². The number of carbonyl (C=O) groups excluding carboxylic acids is 1. The molecule has 0 aromatic carbocycles. The van der Waals surface area contributed by atoms with Gasteiger partial charge >= 0.3 is 0 Å². The van der Waals surface area contributed by atoms with Gasteiger partial charge in [0.25, 0.3) is 0 Å². The van der Waals surface area contributed by atoms with Crippen LogP contribution in [0.2, 0.25) is 0 Å². The molecule has 26 heavy (non-hydrogen) atoms. The first-order valence-corrected chi connectivity index (χ1v) is 8.55. The van der Waals surface area contributed by atoms with E-state index < -0.39 is 0 Å². The summed E-state index contributed by atoms with van der Waals surface area (Å²) in [5.74, 6) is 2.09. The number of amides is 1. The first kappa shape index (κ1) is 16.4. The second-order valence-electron chi connectivity index (χ2n) is 6.50. The van der Waals surface area contributed by atoms with E-state index in [4.69, 9.17) is 9.05 Å². The van der Waals surface area contributed by atoms with Crippen molar-refractivity contribution < 1.29 is 13.8 Å². The molecule has 8 heteroatoms. The van der Waals surface area contributed by atoms with E-state index in [1.165, 1.54) is 0 Å². The van der Waals surface area contributed by atoms with Gasteiger partial charge in [-0.05, 0) is 32.4 Å². The number of likely N-dealkylation sites (tertiary alicyclic amines) is 1. The molecular weight excluding hydrogens is 334 g/mol. The standard InChI is InChI=1S/C18H19N5O3/c1-11-15(12(2)25-21-11)5-6-16(24)23-9-14(10-23)18-20-17(22-26-18)13-4-3-7-19-8-13/h3-4,7-8,14H,5-6,9-10H2,1-2H3. The van der Waals surface area contributed by atoms with Gasteiger partial charge in [-0.3, -0.25) is 9.78 Å². The number of hydrogen-bond donors (Lipinski definition) is 0. The van der Waals surface area contributed by atoms with Crippen LogP contribution in [-0.2, 0) is 11.2 Å². The molecule has 1 aliphatic rings. The van der Waals surface area contributed by atoms with Crippen molar-refractivity contribution in [2.24, 2.45) is 0 Å². The highest BCUT2D eigenvalue weighted by molar-refractivity contribution is 5.77. The van der Waals surface area contributed by atoms with Crippen molar-refractivity contribution >= 4 is 5.91 Å². The zero-order valence-electron chi connectivity index (χ0n) is 14.7. The zero-order valence-corrected chi connectivity index (χ0v) is 14.7. The minimum absolute atomic E-state index is 0.0935. The molecule has 0 spiro atoms. The molecule has 0 aliphatic carbocycles. The van der Waals surface area contributed by atoms with E-state index in [0.29, 0.717) is 37.6 Å². The smallest absolute Gasteiger partial charge is 0.233 e. The predicted molar refractivity (Wildman–Crippen MR) is 91.1 cm³/mol. The van der Waals surface area contributed by atoms with Crippen molar-refractivity contribution in [3.63, 3.8) is 0 Å². The molecule has 134 valence electrons. The van der Waals surface area contributed by atoms with Crippen LogP contribution in [0.4, 0.5) is 0 Å². The molecule has 1 aliphatic heterocycles. The third-order valence-electron chi connectivity index (χ3n) is 4.72. The number of nitrogens with zero attached hydrogens (tertiary/aromatic N) is 5. The normalized spacial score (nSPS) is 14.5. The van der Waals surface area contributed by atoms with Crippen molar-refractivity contribution in [2.45, 2.75) is 32.6 Å². The van der Waals surface area contributed by atoms with Crippen LogP contribution in [0.3, 0.4) is 0 Å². The summed E-state index contributed by atoms with van der Waals surface area (Å²) in [6, 6.07) is 3.71. The second kappa shape index (κ2) is 6.70. The van der Waals surface area contributed by atoms with Gasteiger partial charge in [0.05, 0.1) is 11.6 Å². The van der Waals surface area contributed by atoms with Gasteiger partial charge in [0.15, 0.2) is 0 Å². The van der Waals surface area contributed by atoms with Crippen molar-refractivity contribution in [2.75, 3.05) is 13.1 Å². The molecule has 0 N–H and O–H groups in total. The molecule has 3 aromatic heterocycles. The monoisotopic (exact) mass is 353 g/mol. The van der Waals surface area contributed by atoms with Crippen molar-refractivity contribution in [1.82, 2.24) is 25.2 Å². The lowest BCUT2D eigenvalue weighted by molar-refractivity contribution is -0.135. The molecule has 8 nitrogen and oxygen atoms in total. The summed E-state index contributed by atoms with van der Waals surface area (Å²) in [4.78, 5) is 22.6. The number of pyridine rings is 1. The molecule has 1 amide bonds. The Labute approximate surface area is 150 Å². The maximum absolute atomic E-state index is 12.3. The zero-order chi connectivity index (χ0) is 18.1. The third-order valence-corrected chi connectivity index (χ3v) is 4.72. The van der Waals surface area contributed by atoms with Gasteiger partial charge in [0.2, 0.25) is 17.6 Å². The van der Waals surface area contributed by atoms with Crippen LogP contribution in [0.5, 0.6) is 0 Å². The maximum Gasteiger partial charge on any atom is 0.233 e. The Bertz CT molecular complexity index is 893. The van der Waals surface area contributed by atoms with Crippen LogP contribution < -0.4 is 0 Å². The Morgan fingerprint density at radius 2 is 2.12 bits per heavy atom. The third kappa shape index (κ3) is 3.10. The van der Waals surface area contributed by atoms with Crippen LogP contribution in [0, 0.1) is 13.8 Å². The molecule has 4 heterocycles. The second-order valence-corrected chi connectivity index (χ2v) is 6.50. The van der Waals surface area contributed by atoms with Gasteiger partial charge in [0.1, 0.15) is 5.76 Å². The lowest BCUT2D eigenvalue weighted by Crippen LogP contribution is -2.48. The van der Waals surface area contributed by atoms with Crippen LogP contribution in [0.1, 0.15) is 35.2 Å². The summed E-state index contributed by atoms with van der Waals surface area (Å²) in [5.41, 5.74) is 2.69. The van der Waals surface area contributed by atoms with E-state index in [-0.39, 0.29) is 11.8 Å². The molecule has 0 bridgehead atoms. The highest BCUT2D eigenvalue weighted by Gasteiger charge is 2.35. The summed E-state index contributed by atoms with van der Waals surface area (Å²) in [5, 5.41) is 7.92. The minimum atomic E-state index is 0.0935. The SMILES string of the molecule is Cc1noc(C)c1CCC(=O)N1CC(c2nc(-c3cccnc3)no2)C1. The van der Waals surface area contributed by atoms with Crippen molar-refractivity contribution in [3.05, 3.63) is 47.4 Å². The fourth-order valence-electron chi connectivity index (χ4n) is 3.10. The fourth-order valence-corrected chi connectivity index (χ4v) is 3.10. The van der Waals surface area contributed by atoms with Crippen molar-refractivity contribution in [3.8, 4) is 11.4 Å². The van der Waals surface area contributed by atoms with Gasteiger partial charge in [0, 0.05) is 43.0 Å². The highest BCUT2D eigenvalue weighted by atomic mass is 16.5. The van der Waals surface area contributed by atoms with E-state index in [2.05, 4.69) is 20.3 Å². The largest absolute Gasteiger partial charge is 0.361 e. The minimum Gasteiger partial charge on any atom is -0.361 e. The van der Waals surface area contributed by atoms with E-state index in [9.17, 15) is 4.79 Å². The predicted octanol–water partition coefficient (Wildman–Crippen LogP) is 2.30. The molecular formula is C18H19N5O3. The Morgan fingerprint density at radius 3 is 2.81 bits per heavy atom. The van der Waals surface area contributed by atoms with Crippen LogP contribution in [0.15, 0.2) is 33.6 Å². The summed E-state index contributed by atoms with van der Waals surface area (Å²) >= 11 is 0. The average molecular weight is 353 g/mol. The number of hydrogen-bond acceptors (Lipinski definition) is 7. The first-order valence-electron chi connectivity index (χ1n) is 8.55. The lowest BCUT2D eigenvalue weighted by atomic mass is 9.98. The Hall–Kier alpha value is -3.03. The Balaban J connectivity index is 1.31. The van der Waals surface area contributed by atoms with E-state index in [0.717, 1.165) is 22.6 Å². The van der Waals surface area contributed by atoms with Crippen LogP contribution in [-0.4, -0.2) is 44.2 Å². The molecule has 0 saturated carbocycles. The summed E-state index contributed by atoms with van der Waals surface area (Å²) in [7, 11) is 0. The Morgan fingerprint density at radius 1 is 1.27 bits per heavy atom. The summed E-state index contributed by atoms with van der Waals surface area (Å²) in [6.07, 6.45) is 4.48. The molecule has 3 aromatic rings.